The Kier molecular flexibility index (Phi) is 3.18. The smallest absolute Gasteiger partial charge is 0.231 e. The number of nitrogens with zero attached hydrogens (tertiary/aromatic N) is 1. The second kappa shape index (κ2) is 4.87. The molecule has 4 heteroatoms. The van der Waals surface area contributed by atoms with E-state index in [1.54, 1.807) is 6.20 Å². The van der Waals surface area contributed by atoms with E-state index < -0.39 is 5.41 Å². The van der Waals surface area contributed by atoms with Gasteiger partial charge in [0.1, 0.15) is 0 Å². The van der Waals surface area contributed by atoms with Gasteiger partial charge in [-0.1, -0.05) is 24.6 Å². The lowest BCUT2D eigenvalue weighted by molar-refractivity contribution is -0.125. The van der Waals surface area contributed by atoms with E-state index in [0.717, 1.165) is 35.9 Å². The highest BCUT2D eigenvalue weighted by Gasteiger charge is 2.42. The van der Waals surface area contributed by atoms with E-state index in [9.17, 15) is 4.79 Å². The number of nitrogens with one attached hydrogen (secondary N) is 1. The van der Waals surface area contributed by atoms with Gasteiger partial charge in [0.05, 0.1) is 22.8 Å². The van der Waals surface area contributed by atoms with Crippen LogP contribution in [0.4, 0.5) is 5.69 Å². The summed E-state index contributed by atoms with van der Waals surface area (Å²) in [6, 6.07) is 9.74. The van der Waals surface area contributed by atoms with Crippen LogP contribution in [0, 0.1) is 5.41 Å². The van der Waals surface area contributed by atoms with Gasteiger partial charge in [0.15, 0.2) is 0 Å². The number of para-hydroxylation sites is 1. The molecule has 2 unspecified atom stereocenters. The maximum atomic E-state index is 12.5. The van der Waals surface area contributed by atoms with E-state index in [1.165, 1.54) is 0 Å². The molecule has 4 nitrogen and oxygen atoms in total. The third-order valence-electron chi connectivity index (χ3n) is 4.40. The molecular weight excluding hydrogens is 250 g/mol. The standard InChI is InChI=1S/C16H19N3O/c1-16(8-4-7-14(16)17)15(20)19-12-9-11-5-2-3-6-13(11)18-10-12/h2-3,5-6,9-10,14H,4,7-8,17H2,1H3,(H,19,20). The average molecular weight is 269 g/mol. The quantitative estimate of drug-likeness (QED) is 0.880. The molecule has 3 N–H and O–H groups in total. The number of benzene rings is 1. The molecule has 3 rings (SSSR count). The van der Waals surface area contributed by atoms with E-state index in [2.05, 4.69) is 10.3 Å². The highest BCUT2D eigenvalue weighted by atomic mass is 16.2. The molecular formula is C16H19N3O. The van der Waals surface area contributed by atoms with Crippen LogP contribution in [0.15, 0.2) is 36.5 Å². The van der Waals surface area contributed by atoms with Crippen molar-refractivity contribution in [2.24, 2.45) is 11.1 Å². The Hall–Kier alpha value is -1.94. The van der Waals surface area contributed by atoms with Crippen molar-refractivity contribution in [2.75, 3.05) is 5.32 Å². The molecule has 1 amide bonds. The fourth-order valence-corrected chi connectivity index (χ4v) is 2.89. The molecule has 1 saturated carbocycles. The van der Waals surface area contributed by atoms with Crippen LogP contribution in [0.2, 0.25) is 0 Å². The molecule has 2 atom stereocenters. The Bertz CT molecular complexity index is 655. The van der Waals surface area contributed by atoms with Crippen LogP contribution < -0.4 is 11.1 Å². The van der Waals surface area contributed by atoms with Crippen molar-refractivity contribution in [3.63, 3.8) is 0 Å². The van der Waals surface area contributed by atoms with Crippen LogP contribution in [0.25, 0.3) is 10.9 Å². The highest BCUT2D eigenvalue weighted by Crippen LogP contribution is 2.37. The lowest BCUT2D eigenvalue weighted by Crippen LogP contribution is -2.44. The van der Waals surface area contributed by atoms with Crippen molar-refractivity contribution in [1.82, 2.24) is 4.98 Å². The van der Waals surface area contributed by atoms with Gasteiger partial charge in [0, 0.05) is 11.4 Å². The van der Waals surface area contributed by atoms with Gasteiger partial charge in [-0.2, -0.15) is 0 Å². The number of anilines is 1. The second-order valence-corrected chi connectivity index (χ2v) is 5.79. The third kappa shape index (κ3) is 2.16. The molecule has 104 valence electrons. The number of nitrogens with two attached hydrogens (primary N) is 1. The first-order chi connectivity index (χ1) is 9.59. The average Bonchev–Trinajstić information content (AvgIpc) is 2.80. The minimum atomic E-state index is -0.467. The topological polar surface area (TPSA) is 68.0 Å². The summed E-state index contributed by atoms with van der Waals surface area (Å²) in [5.41, 5.74) is 7.27. The van der Waals surface area contributed by atoms with Crippen molar-refractivity contribution < 1.29 is 4.79 Å². The predicted molar refractivity (Wildman–Crippen MR) is 80.3 cm³/mol. The van der Waals surface area contributed by atoms with Crippen molar-refractivity contribution in [1.29, 1.82) is 0 Å². The maximum Gasteiger partial charge on any atom is 0.231 e. The van der Waals surface area contributed by atoms with Crippen LogP contribution in [0.1, 0.15) is 26.2 Å². The SMILES string of the molecule is CC1(C(=O)Nc2cnc3ccccc3c2)CCCC1N. The number of rotatable bonds is 2. The van der Waals surface area contributed by atoms with Crippen molar-refractivity contribution in [2.45, 2.75) is 32.2 Å². The fraction of sp³-hybridized carbons (Fsp3) is 0.375. The lowest BCUT2D eigenvalue weighted by Gasteiger charge is -2.27. The summed E-state index contributed by atoms with van der Waals surface area (Å²) in [4.78, 5) is 16.8. The number of carbonyl (C=O) groups is 1. The van der Waals surface area contributed by atoms with Gasteiger partial charge in [0.25, 0.3) is 0 Å². The predicted octanol–water partition coefficient (Wildman–Crippen LogP) is 2.69. The number of pyridine rings is 1. The molecule has 1 fully saturated rings. The van der Waals surface area contributed by atoms with Crippen LogP contribution in [0.5, 0.6) is 0 Å². The van der Waals surface area contributed by atoms with Crippen LogP contribution in [0.3, 0.4) is 0 Å². The summed E-state index contributed by atoms with van der Waals surface area (Å²) >= 11 is 0. The molecule has 20 heavy (non-hydrogen) atoms. The number of fused-ring (bicyclic) bond motifs is 1. The summed E-state index contributed by atoms with van der Waals surface area (Å²) < 4.78 is 0. The number of hydrogen-bond acceptors (Lipinski definition) is 3. The Morgan fingerprint density at radius 1 is 1.45 bits per heavy atom. The molecule has 1 aromatic carbocycles. The number of carbonyl (C=O) groups excluding carboxylic acids is 1. The van der Waals surface area contributed by atoms with Gasteiger partial charge in [-0.15, -0.1) is 0 Å². The van der Waals surface area contributed by atoms with Crippen molar-refractivity contribution in [3.8, 4) is 0 Å². The molecule has 1 aliphatic carbocycles. The number of amides is 1. The molecule has 0 radical (unpaired) electrons. The summed E-state index contributed by atoms with van der Waals surface area (Å²) in [5, 5.41) is 3.99. The van der Waals surface area contributed by atoms with Crippen molar-refractivity contribution >= 4 is 22.5 Å². The first-order valence-electron chi connectivity index (χ1n) is 7.01. The molecule has 1 aliphatic rings. The van der Waals surface area contributed by atoms with E-state index in [4.69, 9.17) is 5.73 Å². The molecule has 0 bridgehead atoms. The summed E-state index contributed by atoms with van der Waals surface area (Å²) in [7, 11) is 0. The third-order valence-corrected chi connectivity index (χ3v) is 4.40. The van der Waals surface area contributed by atoms with E-state index in [1.807, 2.05) is 37.3 Å². The highest BCUT2D eigenvalue weighted by molar-refractivity contribution is 5.97. The van der Waals surface area contributed by atoms with Gasteiger partial charge >= 0.3 is 0 Å². The lowest BCUT2D eigenvalue weighted by atomic mass is 9.84. The first-order valence-corrected chi connectivity index (χ1v) is 7.01. The summed E-state index contributed by atoms with van der Waals surface area (Å²) in [6.45, 7) is 1.95. The molecule has 0 spiro atoms. The van der Waals surface area contributed by atoms with Crippen LogP contribution in [-0.4, -0.2) is 16.9 Å². The van der Waals surface area contributed by atoms with Crippen molar-refractivity contribution in [3.05, 3.63) is 36.5 Å². The van der Waals surface area contributed by atoms with Gasteiger partial charge in [-0.3, -0.25) is 9.78 Å². The molecule has 2 aromatic rings. The Morgan fingerprint density at radius 3 is 3.00 bits per heavy atom. The molecule has 1 aromatic heterocycles. The van der Waals surface area contributed by atoms with Gasteiger partial charge < -0.3 is 11.1 Å². The molecule has 0 aliphatic heterocycles. The zero-order chi connectivity index (χ0) is 14.2. The number of aromatic nitrogens is 1. The van der Waals surface area contributed by atoms with Gasteiger partial charge in [-0.05, 0) is 31.9 Å². The first kappa shape index (κ1) is 13.1. The minimum absolute atomic E-state index is 0.000388. The zero-order valence-electron chi connectivity index (χ0n) is 11.6. The van der Waals surface area contributed by atoms with E-state index in [0.29, 0.717) is 0 Å². The minimum Gasteiger partial charge on any atom is -0.327 e. The largest absolute Gasteiger partial charge is 0.327 e. The van der Waals surface area contributed by atoms with Crippen LogP contribution >= 0.6 is 0 Å². The Morgan fingerprint density at radius 2 is 2.25 bits per heavy atom. The Balaban J connectivity index is 1.84. The zero-order valence-corrected chi connectivity index (χ0v) is 11.6. The number of hydrogen-bond donors (Lipinski definition) is 2. The maximum absolute atomic E-state index is 12.5. The van der Waals surface area contributed by atoms with Gasteiger partial charge in [0.2, 0.25) is 5.91 Å². The van der Waals surface area contributed by atoms with Gasteiger partial charge in [-0.25, -0.2) is 0 Å². The normalized spacial score (nSPS) is 25.8. The monoisotopic (exact) mass is 269 g/mol. The summed E-state index contributed by atoms with van der Waals surface area (Å²) in [5.74, 6) is -0.000388. The van der Waals surface area contributed by atoms with E-state index in [-0.39, 0.29) is 11.9 Å². The second-order valence-electron chi connectivity index (χ2n) is 5.79. The fourth-order valence-electron chi connectivity index (χ4n) is 2.89. The van der Waals surface area contributed by atoms with Crippen LogP contribution in [-0.2, 0) is 4.79 Å². The molecule has 0 saturated heterocycles. The molecule has 1 heterocycles. The summed E-state index contributed by atoms with van der Waals surface area (Å²) in [6.07, 6.45) is 4.48. The Labute approximate surface area is 118 Å². The van der Waals surface area contributed by atoms with E-state index >= 15 is 0 Å².